The average molecular weight is 553 g/mol. The second-order valence-corrected chi connectivity index (χ2v) is 10.6. The number of carbonyl (C=O) groups is 2. The Labute approximate surface area is 236 Å². The van der Waals surface area contributed by atoms with E-state index >= 15 is 0 Å². The fraction of sp³-hybridized carbons (Fsp3) is 0.281. The van der Waals surface area contributed by atoms with Crippen molar-refractivity contribution in [2.75, 3.05) is 7.11 Å². The standard InChI is InChI=1S/C32H32N4O5/c1-41-32(40)28(17-21-19-33-27-14-13-24(37)18-25(21)27)34-30(38)20-12-15-29-26(16-20)31(39)36(23-10-6-3-7-11-23)35(29)22-8-4-2-5-9-22/h3,6-7,10-16,18-19,22,28,33,37H,2,4-5,8-9,17H2,1H3,(H,34,38)/t28-/m0/s1. The van der Waals surface area contributed by atoms with Crippen molar-refractivity contribution in [1.29, 1.82) is 0 Å². The summed E-state index contributed by atoms with van der Waals surface area (Å²) in [6, 6.07) is 18.9. The number of amides is 1. The van der Waals surface area contributed by atoms with Gasteiger partial charge >= 0.3 is 5.97 Å². The number of para-hydroxylation sites is 1. The molecule has 6 rings (SSSR count). The topological polar surface area (TPSA) is 118 Å². The summed E-state index contributed by atoms with van der Waals surface area (Å²) < 4.78 is 8.81. The van der Waals surface area contributed by atoms with Crippen LogP contribution in [0.15, 0.2) is 77.7 Å². The molecule has 3 N–H and O–H groups in total. The van der Waals surface area contributed by atoms with Crippen molar-refractivity contribution in [2.45, 2.75) is 50.6 Å². The summed E-state index contributed by atoms with van der Waals surface area (Å²) in [5.74, 6) is -0.975. The molecule has 1 aliphatic carbocycles. The molecule has 5 aromatic rings. The normalized spacial score (nSPS) is 14.8. The van der Waals surface area contributed by atoms with Gasteiger partial charge in [-0.25, -0.2) is 9.48 Å². The molecule has 9 heteroatoms. The number of rotatable bonds is 7. The van der Waals surface area contributed by atoms with Crippen LogP contribution in [-0.4, -0.2) is 44.5 Å². The fourth-order valence-electron chi connectivity index (χ4n) is 6.00. The minimum absolute atomic E-state index is 0.103. The molecular formula is C32H32N4O5. The molecule has 0 saturated heterocycles. The number of hydrogen-bond donors (Lipinski definition) is 3. The minimum Gasteiger partial charge on any atom is -0.508 e. The zero-order valence-corrected chi connectivity index (χ0v) is 22.8. The molecule has 3 aromatic carbocycles. The van der Waals surface area contributed by atoms with Gasteiger partial charge in [0.05, 0.1) is 29.7 Å². The first kappa shape index (κ1) is 26.4. The number of phenolic OH excluding ortho intramolecular Hbond substituents is 1. The lowest BCUT2D eigenvalue weighted by Gasteiger charge is -2.26. The van der Waals surface area contributed by atoms with Crippen molar-refractivity contribution in [3.8, 4) is 11.4 Å². The molecule has 9 nitrogen and oxygen atoms in total. The van der Waals surface area contributed by atoms with E-state index in [1.54, 1.807) is 41.2 Å². The summed E-state index contributed by atoms with van der Waals surface area (Å²) in [5, 5.41) is 13.9. The third-order valence-corrected chi connectivity index (χ3v) is 8.03. The summed E-state index contributed by atoms with van der Waals surface area (Å²) in [6.07, 6.45) is 7.30. The summed E-state index contributed by atoms with van der Waals surface area (Å²) in [5.41, 5.74) is 3.20. The van der Waals surface area contributed by atoms with E-state index in [-0.39, 0.29) is 29.3 Å². The van der Waals surface area contributed by atoms with Crippen LogP contribution in [0.3, 0.4) is 0 Å². The monoisotopic (exact) mass is 552 g/mol. The van der Waals surface area contributed by atoms with Gasteiger partial charge in [0.25, 0.3) is 11.5 Å². The zero-order valence-electron chi connectivity index (χ0n) is 22.8. The summed E-state index contributed by atoms with van der Waals surface area (Å²) in [7, 11) is 1.27. The lowest BCUT2D eigenvalue weighted by Crippen LogP contribution is -2.43. The van der Waals surface area contributed by atoms with E-state index in [1.807, 2.05) is 36.4 Å². The zero-order chi connectivity index (χ0) is 28.5. The number of aromatic hydroxyl groups is 1. The molecule has 1 aliphatic rings. The summed E-state index contributed by atoms with van der Waals surface area (Å²) in [6.45, 7) is 0. The largest absolute Gasteiger partial charge is 0.508 e. The van der Waals surface area contributed by atoms with E-state index in [4.69, 9.17) is 4.74 Å². The van der Waals surface area contributed by atoms with Crippen LogP contribution >= 0.6 is 0 Å². The number of nitrogens with zero attached hydrogens (tertiary/aromatic N) is 2. The number of nitrogens with one attached hydrogen (secondary N) is 2. The second-order valence-electron chi connectivity index (χ2n) is 10.6. The first-order valence-corrected chi connectivity index (χ1v) is 13.9. The number of ether oxygens (including phenoxy) is 1. The highest BCUT2D eigenvalue weighted by atomic mass is 16.5. The fourth-order valence-corrected chi connectivity index (χ4v) is 6.00. The molecule has 2 aromatic heterocycles. The Bertz CT molecular complexity index is 1790. The molecule has 0 spiro atoms. The Kier molecular flexibility index (Phi) is 7.09. The highest BCUT2D eigenvalue weighted by Crippen LogP contribution is 2.32. The predicted octanol–water partition coefficient (Wildman–Crippen LogP) is 5.00. The molecule has 0 bridgehead atoms. The highest BCUT2D eigenvalue weighted by Gasteiger charge is 2.27. The van der Waals surface area contributed by atoms with Gasteiger partial charge in [-0.05, 0) is 66.9 Å². The molecule has 2 heterocycles. The van der Waals surface area contributed by atoms with Crippen molar-refractivity contribution in [2.24, 2.45) is 0 Å². The van der Waals surface area contributed by atoms with Gasteiger partial charge in [0.1, 0.15) is 11.8 Å². The molecule has 1 atom stereocenters. The minimum atomic E-state index is -0.975. The van der Waals surface area contributed by atoms with E-state index < -0.39 is 17.9 Å². The number of H-pyrrole nitrogens is 1. The van der Waals surface area contributed by atoms with Crippen LogP contribution in [0.5, 0.6) is 5.75 Å². The first-order valence-electron chi connectivity index (χ1n) is 13.9. The quantitative estimate of drug-likeness (QED) is 0.246. The summed E-state index contributed by atoms with van der Waals surface area (Å²) >= 11 is 0. The van der Waals surface area contributed by atoms with Crippen LogP contribution < -0.4 is 10.9 Å². The molecular weight excluding hydrogens is 520 g/mol. The number of benzene rings is 3. The Morgan fingerprint density at radius 3 is 2.56 bits per heavy atom. The van der Waals surface area contributed by atoms with Crippen LogP contribution in [-0.2, 0) is 16.0 Å². The van der Waals surface area contributed by atoms with Crippen LogP contribution in [0.25, 0.3) is 27.5 Å². The van der Waals surface area contributed by atoms with Crippen LogP contribution in [0.1, 0.15) is 54.1 Å². The second kappa shape index (κ2) is 11.0. The SMILES string of the molecule is COC(=O)[C@H](Cc1c[nH]c2ccc(O)cc12)NC(=O)c1ccc2c(c1)c(=O)n(-c1ccccc1)n2C1CCCCC1. The van der Waals surface area contributed by atoms with Gasteiger partial charge in [-0.3, -0.25) is 14.3 Å². The van der Waals surface area contributed by atoms with E-state index in [1.165, 1.54) is 13.5 Å². The van der Waals surface area contributed by atoms with Gasteiger partial charge in [-0.15, -0.1) is 0 Å². The third-order valence-electron chi connectivity index (χ3n) is 8.03. The Balaban J connectivity index is 1.35. The number of hydrogen-bond acceptors (Lipinski definition) is 5. The lowest BCUT2D eigenvalue weighted by atomic mass is 9.95. The Hall–Kier alpha value is -4.79. The summed E-state index contributed by atoms with van der Waals surface area (Å²) in [4.78, 5) is 43.1. The third kappa shape index (κ3) is 4.99. The molecule has 41 heavy (non-hydrogen) atoms. The number of methoxy groups -OCH3 is 1. The van der Waals surface area contributed by atoms with Gasteiger partial charge in [0, 0.05) is 29.1 Å². The smallest absolute Gasteiger partial charge is 0.328 e. The van der Waals surface area contributed by atoms with Gasteiger partial charge < -0.3 is 20.1 Å². The van der Waals surface area contributed by atoms with Crippen LogP contribution in [0.4, 0.5) is 0 Å². The average Bonchev–Trinajstić information content (AvgIpc) is 3.54. The number of aromatic nitrogens is 3. The van der Waals surface area contributed by atoms with Crippen molar-refractivity contribution >= 4 is 33.7 Å². The van der Waals surface area contributed by atoms with E-state index in [2.05, 4.69) is 15.0 Å². The van der Waals surface area contributed by atoms with Gasteiger partial charge in [0.15, 0.2) is 0 Å². The molecule has 1 amide bonds. The van der Waals surface area contributed by atoms with Crippen LogP contribution in [0, 0.1) is 0 Å². The number of carbonyl (C=O) groups excluding carboxylic acids is 2. The van der Waals surface area contributed by atoms with E-state index in [0.717, 1.165) is 53.4 Å². The van der Waals surface area contributed by atoms with E-state index in [0.29, 0.717) is 5.39 Å². The Morgan fingerprint density at radius 2 is 1.80 bits per heavy atom. The molecule has 1 saturated carbocycles. The number of phenols is 1. The highest BCUT2D eigenvalue weighted by molar-refractivity contribution is 6.00. The van der Waals surface area contributed by atoms with E-state index in [9.17, 15) is 19.5 Å². The maximum atomic E-state index is 13.8. The van der Waals surface area contributed by atoms with Gasteiger partial charge in [0.2, 0.25) is 0 Å². The number of esters is 1. The first-order chi connectivity index (χ1) is 19.9. The molecule has 1 fully saturated rings. The predicted molar refractivity (Wildman–Crippen MR) is 157 cm³/mol. The van der Waals surface area contributed by atoms with Gasteiger partial charge in [-0.1, -0.05) is 37.5 Å². The van der Waals surface area contributed by atoms with Gasteiger partial charge in [-0.2, -0.15) is 0 Å². The molecule has 0 unspecified atom stereocenters. The molecule has 0 aliphatic heterocycles. The van der Waals surface area contributed by atoms with Crippen molar-refractivity contribution in [1.82, 2.24) is 19.7 Å². The Morgan fingerprint density at radius 1 is 1.02 bits per heavy atom. The molecule has 210 valence electrons. The number of fused-ring (bicyclic) bond motifs is 2. The van der Waals surface area contributed by atoms with Crippen molar-refractivity contribution < 1.29 is 19.4 Å². The molecule has 0 radical (unpaired) electrons. The lowest BCUT2D eigenvalue weighted by molar-refractivity contribution is -0.142. The number of aromatic amines is 1. The maximum Gasteiger partial charge on any atom is 0.328 e. The van der Waals surface area contributed by atoms with Crippen molar-refractivity contribution in [3.63, 3.8) is 0 Å². The van der Waals surface area contributed by atoms with Crippen molar-refractivity contribution in [3.05, 3.63) is 94.4 Å². The van der Waals surface area contributed by atoms with Crippen LogP contribution in [0.2, 0.25) is 0 Å². The maximum absolute atomic E-state index is 13.8.